The summed E-state index contributed by atoms with van der Waals surface area (Å²) in [7, 11) is 0. The Labute approximate surface area is 108 Å². The highest BCUT2D eigenvalue weighted by molar-refractivity contribution is 6.02. The standard InChI is InChI=1S/C13H11N5O/c1-7-4-5-9(8-3-2-6-15-10(7)8)11-12(13(14)19)17-18-16-11/h2-6H,1H3,(H2,14,19)(H,16,17,18). The molecule has 3 rings (SSSR count). The number of aromatic nitrogens is 4. The van der Waals surface area contributed by atoms with Gasteiger partial charge in [0.15, 0.2) is 5.69 Å². The first kappa shape index (κ1) is 11.3. The van der Waals surface area contributed by atoms with E-state index in [1.807, 2.05) is 31.2 Å². The van der Waals surface area contributed by atoms with E-state index in [1.54, 1.807) is 6.20 Å². The van der Waals surface area contributed by atoms with Crippen LogP contribution in [0.1, 0.15) is 16.1 Å². The number of amides is 1. The zero-order chi connectivity index (χ0) is 13.4. The summed E-state index contributed by atoms with van der Waals surface area (Å²) in [5.74, 6) is -0.610. The quantitative estimate of drug-likeness (QED) is 0.721. The lowest BCUT2D eigenvalue weighted by Gasteiger charge is -2.06. The van der Waals surface area contributed by atoms with Crippen molar-refractivity contribution in [2.45, 2.75) is 6.92 Å². The van der Waals surface area contributed by atoms with Crippen LogP contribution in [-0.2, 0) is 0 Å². The van der Waals surface area contributed by atoms with E-state index in [1.165, 1.54) is 0 Å². The van der Waals surface area contributed by atoms with Gasteiger partial charge in [-0.25, -0.2) is 0 Å². The Hall–Kier alpha value is -2.76. The van der Waals surface area contributed by atoms with Crippen LogP contribution in [0.4, 0.5) is 0 Å². The van der Waals surface area contributed by atoms with Crippen molar-refractivity contribution in [3.63, 3.8) is 0 Å². The van der Waals surface area contributed by atoms with Crippen LogP contribution in [0.5, 0.6) is 0 Å². The van der Waals surface area contributed by atoms with Gasteiger partial charge in [0.05, 0.1) is 5.52 Å². The van der Waals surface area contributed by atoms with Crippen LogP contribution in [0.15, 0.2) is 30.5 Å². The number of benzene rings is 1. The number of nitrogens with zero attached hydrogens (tertiary/aromatic N) is 3. The number of nitrogens with two attached hydrogens (primary N) is 1. The number of aryl methyl sites for hydroxylation is 1. The Balaban J connectivity index is 2.35. The van der Waals surface area contributed by atoms with Crippen molar-refractivity contribution in [3.05, 3.63) is 41.7 Å². The molecule has 0 saturated heterocycles. The Morgan fingerprint density at radius 2 is 2.11 bits per heavy atom. The molecule has 6 nitrogen and oxygen atoms in total. The van der Waals surface area contributed by atoms with Crippen LogP contribution in [0.2, 0.25) is 0 Å². The normalized spacial score (nSPS) is 10.8. The first-order valence-electron chi connectivity index (χ1n) is 5.74. The van der Waals surface area contributed by atoms with Gasteiger partial charge in [0.2, 0.25) is 0 Å². The largest absolute Gasteiger partial charge is 0.364 e. The first-order chi connectivity index (χ1) is 9.18. The fourth-order valence-electron chi connectivity index (χ4n) is 2.11. The molecule has 0 saturated carbocycles. The van der Waals surface area contributed by atoms with E-state index >= 15 is 0 Å². The van der Waals surface area contributed by atoms with Gasteiger partial charge < -0.3 is 5.73 Å². The van der Waals surface area contributed by atoms with Gasteiger partial charge in [0, 0.05) is 17.1 Å². The molecule has 0 unspecified atom stereocenters. The maximum Gasteiger partial charge on any atom is 0.271 e. The van der Waals surface area contributed by atoms with Crippen LogP contribution in [0.3, 0.4) is 0 Å². The molecule has 0 aliphatic carbocycles. The molecule has 6 heteroatoms. The average Bonchev–Trinajstić information content (AvgIpc) is 2.89. The van der Waals surface area contributed by atoms with Crippen LogP contribution in [0, 0.1) is 6.92 Å². The van der Waals surface area contributed by atoms with E-state index in [0.29, 0.717) is 5.69 Å². The van der Waals surface area contributed by atoms with E-state index in [9.17, 15) is 4.79 Å². The van der Waals surface area contributed by atoms with Gasteiger partial charge >= 0.3 is 0 Å². The maximum absolute atomic E-state index is 11.3. The molecule has 1 amide bonds. The van der Waals surface area contributed by atoms with E-state index < -0.39 is 5.91 Å². The van der Waals surface area contributed by atoms with Crippen molar-refractivity contribution in [3.8, 4) is 11.3 Å². The van der Waals surface area contributed by atoms with Gasteiger partial charge in [-0.1, -0.05) is 18.2 Å². The number of fused-ring (bicyclic) bond motifs is 1. The van der Waals surface area contributed by atoms with Gasteiger partial charge in [-0.2, -0.15) is 15.4 Å². The predicted octanol–water partition coefficient (Wildman–Crippen LogP) is 1.43. The molecule has 3 N–H and O–H groups in total. The van der Waals surface area contributed by atoms with Crippen LogP contribution in [-0.4, -0.2) is 26.3 Å². The number of H-pyrrole nitrogens is 1. The minimum Gasteiger partial charge on any atom is -0.364 e. The molecule has 0 bridgehead atoms. The third kappa shape index (κ3) is 1.74. The highest BCUT2D eigenvalue weighted by Crippen LogP contribution is 2.29. The highest BCUT2D eigenvalue weighted by Gasteiger charge is 2.17. The topological polar surface area (TPSA) is 97.5 Å². The van der Waals surface area contributed by atoms with Gasteiger partial charge in [0.25, 0.3) is 5.91 Å². The molecule has 2 heterocycles. The second-order valence-electron chi connectivity index (χ2n) is 4.21. The van der Waals surface area contributed by atoms with Crippen molar-refractivity contribution >= 4 is 16.8 Å². The van der Waals surface area contributed by atoms with Crippen LogP contribution < -0.4 is 5.73 Å². The number of carbonyl (C=O) groups excluding carboxylic acids is 1. The lowest BCUT2D eigenvalue weighted by Crippen LogP contribution is -2.12. The number of primary amides is 1. The summed E-state index contributed by atoms with van der Waals surface area (Å²) in [6, 6.07) is 7.60. The second kappa shape index (κ2) is 4.16. The van der Waals surface area contributed by atoms with E-state index in [0.717, 1.165) is 22.0 Å². The summed E-state index contributed by atoms with van der Waals surface area (Å²) in [6.45, 7) is 1.98. The predicted molar refractivity (Wildman–Crippen MR) is 70.4 cm³/mol. The molecule has 0 atom stereocenters. The number of carbonyl (C=O) groups is 1. The lowest BCUT2D eigenvalue weighted by atomic mass is 10.0. The minimum atomic E-state index is -0.610. The van der Waals surface area contributed by atoms with Crippen molar-refractivity contribution < 1.29 is 4.79 Å². The molecule has 3 aromatic rings. The molecule has 0 spiro atoms. The molecule has 94 valence electrons. The lowest BCUT2D eigenvalue weighted by molar-refractivity contribution is 0.0996. The summed E-state index contributed by atoms with van der Waals surface area (Å²) in [6.07, 6.45) is 1.73. The van der Waals surface area contributed by atoms with Crippen LogP contribution >= 0.6 is 0 Å². The third-order valence-corrected chi connectivity index (χ3v) is 3.01. The maximum atomic E-state index is 11.3. The zero-order valence-electron chi connectivity index (χ0n) is 10.2. The Bertz CT molecular complexity index is 778. The SMILES string of the molecule is Cc1ccc(-c2n[nH]nc2C(N)=O)c2cccnc12. The number of aromatic amines is 1. The number of hydrogen-bond donors (Lipinski definition) is 2. The minimum absolute atomic E-state index is 0.133. The number of nitrogens with one attached hydrogen (secondary N) is 1. The van der Waals surface area contributed by atoms with E-state index in [4.69, 9.17) is 5.73 Å². The molecule has 2 aromatic heterocycles. The number of hydrogen-bond acceptors (Lipinski definition) is 4. The zero-order valence-corrected chi connectivity index (χ0v) is 10.2. The fraction of sp³-hybridized carbons (Fsp3) is 0.0769. The molecule has 0 radical (unpaired) electrons. The summed E-state index contributed by atoms with van der Waals surface area (Å²) in [5.41, 5.74) is 8.60. The van der Waals surface area contributed by atoms with Gasteiger partial charge in [-0.05, 0) is 18.6 Å². The average molecular weight is 253 g/mol. The number of rotatable bonds is 2. The molecule has 0 aliphatic heterocycles. The molecular formula is C13H11N5O. The monoisotopic (exact) mass is 253 g/mol. The van der Waals surface area contributed by atoms with Gasteiger partial charge in [-0.15, -0.1) is 0 Å². The molecule has 0 fully saturated rings. The molecule has 0 aliphatic rings. The Kier molecular flexibility index (Phi) is 2.49. The van der Waals surface area contributed by atoms with Crippen molar-refractivity contribution in [2.24, 2.45) is 5.73 Å². The molecule has 1 aromatic carbocycles. The second-order valence-corrected chi connectivity index (χ2v) is 4.21. The summed E-state index contributed by atoms with van der Waals surface area (Å²) in [4.78, 5) is 15.7. The molecular weight excluding hydrogens is 242 g/mol. The van der Waals surface area contributed by atoms with E-state index in [2.05, 4.69) is 20.4 Å². The van der Waals surface area contributed by atoms with E-state index in [-0.39, 0.29) is 5.69 Å². The molecule has 19 heavy (non-hydrogen) atoms. The van der Waals surface area contributed by atoms with Crippen molar-refractivity contribution in [1.29, 1.82) is 0 Å². The highest BCUT2D eigenvalue weighted by atomic mass is 16.1. The number of pyridine rings is 1. The summed E-state index contributed by atoms with van der Waals surface area (Å²) in [5, 5.41) is 11.2. The van der Waals surface area contributed by atoms with Crippen LogP contribution in [0.25, 0.3) is 22.2 Å². The van der Waals surface area contributed by atoms with Gasteiger partial charge in [-0.3, -0.25) is 9.78 Å². The summed E-state index contributed by atoms with van der Waals surface area (Å²) < 4.78 is 0. The van der Waals surface area contributed by atoms with Crippen molar-refractivity contribution in [2.75, 3.05) is 0 Å². The summed E-state index contributed by atoms with van der Waals surface area (Å²) >= 11 is 0. The van der Waals surface area contributed by atoms with Gasteiger partial charge in [0.1, 0.15) is 5.69 Å². The fourth-order valence-corrected chi connectivity index (χ4v) is 2.11. The Morgan fingerprint density at radius 1 is 1.26 bits per heavy atom. The third-order valence-electron chi connectivity index (χ3n) is 3.01. The smallest absolute Gasteiger partial charge is 0.271 e. The van der Waals surface area contributed by atoms with Crippen molar-refractivity contribution in [1.82, 2.24) is 20.4 Å². The first-order valence-corrected chi connectivity index (χ1v) is 5.74. The Morgan fingerprint density at radius 3 is 2.89 bits per heavy atom.